The highest BCUT2D eigenvalue weighted by Crippen LogP contribution is 2.29. The zero-order valence-electron chi connectivity index (χ0n) is 11.1. The molecule has 1 aliphatic heterocycles. The minimum atomic E-state index is -0.0631. The van der Waals surface area contributed by atoms with Crippen molar-refractivity contribution in [2.75, 3.05) is 46.1 Å². The van der Waals surface area contributed by atoms with E-state index in [9.17, 15) is 4.79 Å². The van der Waals surface area contributed by atoms with Gasteiger partial charge in [-0.05, 0) is 13.1 Å². The Labute approximate surface area is 117 Å². The topological polar surface area (TPSA) is 58.8 Å². The summed E-state index contributed by atoms with van der Waals surface area (Å²) in [5.41, 5.74) is 6.59. The van der Waals surface area contributed by atoms with Crippen LogP contribution < -0.4 is 10.5 Å². The summed E-state index contributed by atoms with van der Waals surface area (Å²) in [6, 6.07) is 3.17. The van der Waals surface area contributed by atoms with Gasteiger partial charge in [0.15, 0.2) is 0 Å². The molecule has 5 nitrogen and oxygen atoms in total. The summed E-state index contributed by atoms with van der Waals surface area (Å²) in [6.07, 6.45) is 0. The third-order valence-electron chi connectivity index (χ3n) is 3.34. The van der Waals surface area contributed by atoms with Crippen molar-refractivity contribution in [3.8, 4) is 5.75 Å². The standard InChI is InChI=1S/C13H18ClN3O2/c1-16-3-5-17(6-4-16)13(18)9-7-10(14)11(15)8-12(9)19-2/h7-8H,3-6,15H2,1-2H3. The van der Waals surface area contributed by atoms with E-state index >= 15 is 0 Å². The molecule has 104 valence electrons. The maximum Gasteiger partial charge on any atom is 0.257 e. The van der Waals surface area contributed by atoms with Crippen molar-refractivity contribution >= 4 is 23.2 Å². The lowest BCUT2D eigenvalue weighted by molar-refractivity contribution is 0.0661. The van der Waals surface area contributed by atoms with Crippen molar-refractivity contribution in [1.29, 1.82) is 0 Å². The molecule has 19 heavy (non-hydrogen) atoms. The molecule has 1 aromatic rings. The molecule has 0 bridgehead atoms. The average molecular weight is 284 g/mol. The summed E-state index contributed by atoms with van der Waals surface area (Å²) in [6.45, 7) is 3.16. The number of likely N-dealkylation sites (N-methyl/N-ethyl adjacent to an activating group) is 1. The lowest BCUT2D eigenvalue weighted by Gasteiger charge is -2.32. The van der Waals surface area contributed by atoms with Gasteiger partial charge in [0.1, 0.15) is 5.75 Å². The Morgan fingerprint density at radius 3 is 2.53 bits per heavy atom. The number of nitrogens with two attached hydrogens (primary N) is 1. The zero-order valence-corrected chi connectivity index (χ0v) is 11.9. The number of nitrogen functional groups attached to an aromatic ring is 1. The average Bonchev–Trinajstić information content (AvgIpc) is 2.41. The van der Waals surface area contributed by atoms with E-state index in [4.69, 9.17) is 22.1 Å². The maximum absolute atomic E-state index is 12.5. The van der Waals surface area contributed by atoms with Crippen LogP contribution in [0.5, 0.6) is 5.75 Å². The molecule has 1 aliphatic rings. The molecule has 1 fully saturated rings. The Balaban J connectivity index is 2.25. The zero-order chi connectivity index (χ0) is 14.0. The number of hydrogen-bond acceptors (Lipinski definition) is 4. The molecule has 0 aliphatic carbocycles. The van der Waals surface area contributed by atoms with E-state index in [1.807, 2.05) is 11.9 Å². The van der Waals surface area contributed by atoms with Gasteiger partial charge in [0.2, 0.25) is 0 Å². The van der Waals surface area contributed by atoms with Gasteiger partial charge >= 0.3 is 0 Å². The SMILES string of the molecule is COc1cc(N)c(Cl)cc1C(=O)N1CCN(C)CC1. The highest BCUT2D eigenvalue weighted by Gasteiger charge is 2.23. The highest BCUT2D eigenvalue weighted by molar-refractivity contribution is 6.33. The van der Waals surface area contributed by atoms with Crippen LogP contribution in [0, 0.1) is 0 Å². The molecule has 0 unspecified atom stereocenters. The first-order valence-corrected chi connectivity index (χ1v) is 6.51. The van der Waals surface area contributed by atoms with Gasteiger partial charge in [-0.2, -0.15) is 0 Å². The molecule has 0 saturated carbocycles. The lowest BCUT2D eigenvalue weighted by Crippen LogP contribution is -2.47. The number of methoxy groups -OCH3 is 1. The Morgan fingerprint density at radius 1 is 1.32 bits per heavy atom. The van der Waals surface area contributed by atoms with E-state index in [1.165, 1.54) is 7.11 Å². The molecular formula is C13H18ClN3O2. The Kier molecular flexibility index (Phi) is 4.17. The molecule has 2 rings (SSSR count). The number of rotatable bonds is 2. The van der Waals surface area contributed by atoms with Crippen LogP contribution in [0.25, 0.3) is 0 Å². The molecule has 0 atom stereocenters. The Bertz CT molecular complexity index is 485. The predicted molar refractivity (Wildman–Crippen MR) is 75.8 cm³/mol. The number of amides is 1. The van der Waals surface area contributed by atoms with Crippen molar-refractivity contribution in [3.05, 3.63) is 22.7 Å². The van der Waals surface area contributed by atoms with Crippen molar-refractivity contribution in [3.63, 3.8) is 0 Å². The van der Waals surface area contributed by atoms with Crippen LogP contribution in [0.15, 0.2) is 12.1 Å². The van der Waals surface area contributed by atoms with E-state index in [0.717, 1.165) is 13.1 Å². The monoisotopic (exact) mass is 283 g/mol. The van der Waals surface area contributed by atoms with Gasteiger partial charge in [-0.15, -0.1) is 0 Å². The van der Waals surface area contributed by atoms with Gasteiger partial charge in [0.25, 0.3) is 5.91 Å². The number of piperazine rings is 1. The van der Waals surface area contributed by atoms with Crippen LogP contribution in [0.2, 0.25) is 5.02 Å². The summed E-state index contributed by atoms with van der Waals surface area (Å²) in [5, 5.41) is 0.373. The number of nitrogens with zero attached hydrogens (tertiary/aromatic N) is 2. The molecule has 0 aromatic heterocycles. The summed E-state index contributed by atoms with van der Waals surface area (Å²) in [4.78, 5) is 16.5. The van der Waals surface area contributed by atoms with Crippen LogP contribution in [-0.4, -0.2) is 56.0 Å². The van der Waals surface area contributed by atoms with Gasteiger partial charge in [-0.25, -0.2) is 0 Å². The summed E-state index contributed by atoms with van der Waals surface area (Å²) in [7, 11) is 3.56. The maximum atomic E-state index is 12.5. The van der Waals surface area contributed by atoms with Crippen LogP contribution >= 0.6 is 11.6 Å². The fraction of sp³-hybridized carbons (Fsp3) is 0.462. The van der Waals surface area contributed by atoms with E-state index in [2.05, 4.69) is 4.90 Å². The molecule has 2 N–H and O–H groups in total. The van der Waals surface area contributed by atoms with Crippen molar-refractivity contribution in [2.24, 2.45) is 0 Å². The Hall–Kier alpha value is -1.46. The fourth-order valence-corrected chi connectivity index (χ4v) is 2.25. The molecule has 0 spiro atoms. The number of ether oxygens (including phenoxy) is 1. The van der Waals surface area contributed by atoms with Crippen molar-refractivity contribution in [2.45, 2.75) is 0 Å². The lowest BCUT2D eigenvalue weighted by atomic mass is 10.1. The van der Waals surface area contributed by atoms with Crippen LogP contribution in [0.4, 0.5) is 5.69 Å². The smallest absolute Gasteiger partial charge is 0.257 e. The van der Waals surface area contributed by atoms with E-state index < -0.39 is 0 Å². The number of carbonyl (C=O) groups excluding carboxylic acids is 1. The summed E-state index contributed by atoms with van der Waals surface area (Å²) >= 11 is 5.99. The minimum Gasteiger partial charge on any atom is -0.496 e. The number of carbonyl (C=O) groups is 1. The molecular weight excluding hydrogens is 266 g/mol. The Morgan fingerprint density at radius 2 is 1.95 bits per heavy atom. The van der Waals surface area contributed by atoms with Crippen molar-refractivity contribution in [1.82, 2.24) is 9.80 Å². The molecule has 1 heterocycles. The summed E-state index contributed by atoms with van der Waals surface area (Å²) in [5.74, 6) is 0.401. The highest BCUT2D eigenvalue weighted by atomic mass is 35.5. The van der Waals surface area contributed by atoms with E-state index in [1.54, 1.807) is 12.1 Å². The van der Waals surface area contributed by atoms with Crippen LogP contribution in [-0.2, 0) is 0 Å². The number of benzene rings is 1. The van der Waals surface area contributed by atoms with Gasteiger partial charge in [-0.3, -0.25) is 4.79 Å². The first kappa shape index (κ1) is 14.0. The minimum absolute atomic E-state index is 0.0631. The predicted octanol–water partition coefficient (Wildman–Crippen LogP) is 1.32. The third kappa shape index (κ3) is 2.93. The molecule has 1 aromatic carbocycles. The first-order chi connectivity index (χ1) is 9.02. The third-order valence-corrected chi connectivity index (χ3v) is 3.67. The number of halogens is 1. The van der Waals surface area contributed by atoms with Gasteiger partial charge < -0.3 is 20.3 Å². The van der Waals surface area contributed by atoms with Crippen LogP contribution in [0.1, 0.15) is 10.4 Å². The summed E-state index contributed by atoms with van der Waals surface area (Å²) < 4.78 is 5.22. The second-order valence-electron chi connectivity index (χ2n) is 4.67. The fourth-order valence-electron chi connectivity index (χ4n) is 2.09. The van der Waals surface area contributed by atoms with E-state index in [0.29, 0.717) is 35.1 Å². The normalized spacial score (nSPS) is 16.5. The molecule has 1 amide bonds. The van der Waals surface area contributed by atoms with E-state index in [-0.39, 0.29) is 5.91 Å². The number of hydrogen-bond donors (Lipinski definition) is 1. The molecule has 1 saturated heterocycles. The number of anilines is 1. The molecule has 0 radical (unpaired) electrons. The largest absolute Gasteiger partial charge is 0.496 e. The van der Waals surface area contributed by atoms with Crippen LogP contribution in [0.3, 0.4) is 0 Å². The van der Waals surface area contributed by atoms with Crippen molar-refractivity contribution < 1.29 is 9.53 Å². The second-order valence-corrected chi connectivity index (χ2v) is 5.08. The second kappa shape index (κ2) is 5.67. The van der Waals surface area contributed by atoms with Gasteiger partial charge in [-0.1, -0.05) is 11.6 Å². The molecule has 6 heteroatoms. The van der Waals surface area contributed by atoms with Gasteiger partial charge in [0, 0.05) is 32.2 Å². The van der Waals surface area contributed by atoms with Gasteiger partial charge in [0.05, 0.1) is 23.4 Å². The quantitative estimate of drug-likeness (QED) is 0.832. The first-order valence-electron chi connectivity index (χ1n) is 6.13.